The average molecular weight is 976 g/mol. The van der Waals surface area contributed by atoms with Crippen molar-refractivity contribution in [2.75, 3.05) is 54.1 Å². The van der Waals surface area contributed by atoms with Gasteiger partial charge in [-0.2, -0.15) is 0 Å². The van der Waals surface area contributed by atoms with Crippen LogP contribution in [0.25, 0.3) is 0 Å². The summed E-state index contributed by atoms with van der Waals surface area (Å²) >= 11 is 0. The third-order valence-corrected chi connectivity index (χ3v) is 11.4. The number of hydrogen-bond acceptors (Lipinski definition) is 7. The van der Waals surface area contributed by atoms with E-state index in [0.29, 0.717) is 24.1 Å². The molecular weight excluding hydrogens is 878 g/mol. The number of nitrogens with zero attached hydrogens (tertiary/aromatic N) is 1. The van der Waals surface area contributed by atoms with Crippen molar-refractivity contribution in [3.8, 4) is 0 Å². The van der Waals surface area contributed by atoms with Gasteiger partial charge in [-0.05, 0) is 116 Å². The van der Waals surface area contributed by atoms with Crippen LogP contribution in [0, 0.1) is 0 Å². The second-order valence-corrected chi connectivity index (χ2v) is 19.5. The van der Waals surface area contributed by atoms with E-state index in [0.717, 1.165) is 122 Å². The number of carbonyl (C=O) groups is 1. The quantitative estimate of drug-likeness (QED) is 0.0197. The number of rotatable bonds is 47. The number of allylic oxidation sites excluding steroid dienone is 24. The minimum Gasteiger partial charge on any atom is -0.756 e. The van der Waals surface area contributed by atoms with Crippen LogP contribution in [0.3, 0.4) is 0 Å². The molecule has 0 saturated heterocycles. The Bertz CT molecular complexity index is 1600. The lowest BCUT2D eigenvalue weighted by Crippen LogP contribution is -2.37. The Morgan fingerprint density at radius 3 is 1.19 bits per heavy atom. The highest BCUT2D eigenvalue weighted by molar-refractivity contribution is 7.45. The van der Waals surface area contributed by atoms with Gasteiger partial charge in [0.1, 0.15) is 19.3 Å². The molecule has 0 saturated carbocycles. The molecule has 0 heterocycles. The normalized spacial score (nSPS) is 14.7. The monoisotopic (exact) mass is 976 g/mol. The van der Waals surface area contributed by atoms with Gasteiger partial charge < -0.3 is 27.9 Å². The van der Waals surface area contributed by atoms with E-state index in [-0.39, 0.29) is 32.2 Å². The van der Waals surface area contributed by atoms with Crippen LogP contribution in [-0.2, 0) is 27.9 Å². The van der Waals surface area contributed by atoms with E-state index in [2.05, 4.69) is 160 Å². The molecule has 390 valence electrons. The number of phosphoric acid groups is 1. The third-order valence-electron chi connectivity index (χ3n) is 10.4. The molecular formula is C60H98NO7P. The van der Waals surface area contributed by atoms with Crippen LogP contribution >= 0.6 is 7.82 Å². The summed E-state index contributed by atoms with van der Waals surface area (Å²) in [6.45, 7) is 5.06. The Balaban J connectivity index is 4.30. The number of hydrogen-bond donors (Lipinski definition) is 0. The summed E-state index contributed by atoms with van der Waals surface area (Å²) in [7, 11) is 1.29. The fourth-order valence-corrected chi connectivity index (χ4v) is 7.10. The van der Waals surface area contributed by atoms with E-state index in [1.165, 1.54) is 19.3 Å². The molecule has 0 aliphatic carbocycles. The first kappa shape index (κ1) is 65.4. The van der Waals surface area contributed by atoms with Crippen LogP contribution in [-0.4, -0.2) is 70.7 Å². The highest BCUT2D eigenvalue weighted by Crippen LogP contribution is 2.38. The summed E-state index contributed by atoms with van der Waals surface area (Å²) in [6.07, 6.45) is 75.9. The Hall–Kier alpha value is -3.62. The largest absolute Gasteiger partial charge is 0.756 e. The van der Waals surface area contributed by atoms with Gasteiger partial charge in [-0.1, -0.05) is 192 Å². The van der Waals surface area contributed by atoms with Crippen molar-refractivity contribution in [2.24, 2.45) is 0 Å². The number of carbonyl (C=O) groups excluding carboxylic acids is 1. The summed E-state index contributed by atoms with van der Waals surface area (Å²) in [5.74, 6) is -0.378. The van der Waals surface area contributed by atoms with Crippen LogP contribution in [0.2, 0.25) is 0 Å². The average Bonchev–Trinajstić information content (AvgIpc) is 3.31. The first-order chi connectivity index (χ1) is 33.6. The van der Waals surface area contributed by atoms with E-state index in [9.17, 15) is 14.3 Å². The maximum atomic E-state index is 12.8. The lowest BCUT2D eigenvalue weighted by molar-refractivity contribution is -0.870. The van der Waals surface area contributed by atoms with Gasteiger partial charge in [0.05, 0.1) is 34.4 Å². The summed E-state index contributed by atoms with van der Waals surface area (Å²) in [6, 6.07) is 0. The first-order valence-electron chi connectivity index (χ1n) is 26.6. The Morgan fingerprint density at radius 2 is 0.797 bits per heavy atom. The molecule has 0 bridgehead atoms. The van der Waals surface area contributed by atoms with Crippen LogP contribution in [0.4, 0.5) is 0 Å². The molecule has 0 spiro atoms. The van der Waals surface area contributed by atoms with E-state index < -0.39 is 13.9 Å². The van der Waals surface area contributed by atoms with Crippen molar-refractivity contribution in [1.29, 1.82) is 0 Å². The number of likely N-dealkylation sites (N-methyl/N-ethyl adjacent to an activating group) is 1. The standard InChI is InChI=1S/C60H98NO7P/c1-6-8-10-12-14-16-18-20-22-24-26-28-30-31-32-33-35-37-39-41-43-45-47-49-51-53-60(62)68-59(58-67-69(63,64)66-56-54-61(3,4)5)57-65-55-52-50-48-46-44-42-40-38-36-34-29-27-25-23-21-19-17-15-13-11-9-7-2/h8-11,14-17,20-23,26-29,31-32,35-38,41,43,59H,6-7,12-13,18-19,24-25,30,33-34,39-40,42,44-58H2,1-5H3/b10-8-,11-9-,16-14-,17-15-,22-20-,23-21-,28-26-,29-27-,32-31-,37-35-,38-36-,43-41-. The summed E-state index contributed by atoms with van der Waals surface area (Å²) in [5.41, 5.74) is 0. The van der Waals surface area contributed by atoms with Crippen molar-refractivity contribution in [3.05, 3.63) is 146 Å². The SMILES string of the molecule is CC/C=C\C/C=C\C/C=C\C/C=C\C/C=C\C/C=C\C/C=C\CCCCCC(=O)OC(COCCCCCCCC/C=C\C/C=C\C/C=C\C/C=C\C/C=C\CC)COP(=O)([O-])OCC[N+](C)(C)C. The van der Waals surface area contributed by atoms with Crippen LogP contribution in [0.1, 0.15) is 168 Å². The van der Waals surface area contributed by atoms with Crippen molar-refractivity contribution in [3.63, 3.8) is 0 Å². The van der Waals surface area contributed by atoms with Gasteiger partial charge in [-0.25, -0.2) is 0 Å². The maximum Gasteiger partial charge on any atom is 0.306 e. The van der Waals surface area contributed by atoms with Gasteiger partial charge in [-0.15, -0.1) is 0 Å². The van der Waals surface area contributed by atoms with E-state index >= 15 is 0 Å². The second-order valence-electron chi connectivity index (χ2n) is 18.1. The Morgan fingerprint density at radius 1 is 0.449 bits per heavy atom. The summed E-state index contributed by atoms with van der Waals surface area (Å²) in [5, 5.41) is 0. The van der Waals surface area contributed by atoms with Crippen molar-refractivity contribution in [1.82, 2.24) is 0 Å². The lowest BCUT2D eigenvalue weighted by Gasteiger charge is -2.28. The molecule has 69 heavy (non-hydrogen) atoms. The molecule has 0 aliphatic heterocycles. The molecule has 0 aromatic heterocycles. The smallest absolute Gasteiger partial charge is 0.306 e. The van der Waals surface area contributed by atoms with E-state index in [4.69, 9.17) is 18.5 Å². The predicted octanol–water partition coefficient (Wildman–Crippen LogP) is 16.2. The number of phosphoric ester groups is 1. The van der Waals surface area contributed by atoms with Crippen molar-refractivity contribution >= 4 is 13.8 Å². The molecule has 0 aliphatic rings. The number of esters is 1. The van der Waals surface area contributed by atoms with Crippen molar-refractivity contribution < 1.29 is 37.3 Å². The molecule has 0 fully saturated rings. The molecule has 0 N–H and O–H groups in total. The molecule has 0 aromatic carbocycles. The minimum atomic E-state index is -4.56. The lowest BCUT2D eigenvalue weighted by atomic mass is 10.1. The topological polar surface area (TPSA) is 94.1 Å². The number of unbranched alkanes of at least 4 members (excludes halogenated alkanes) is 9. The highest BCUT2D eigenvalue weighted by atomic mass is 31.2. The minimum absolute atomic E-state index is 0.00626. The summed E-state index contributed by atoms with van der Waals surface area (Å²) in [4.78, 5) is 25.2. The molecule has 9 heteroatoms. The zero-order chi connectivity index (χ0) is 50.5. The van der Waals surface area contributed by atoms with Gasteiger partial charge in [0, 0.05) is 13.0 Å². The molecule has 0 amide bonds. The molecule has 2 atom stereocenters. The molecule has 8 nitrogen and oxygen atoms in total. The fraction of sp³-hybridized carbons (Fsp3) is 0.583. The molecule has 0 rings (SSSR count). The van der Waals surface area contributed by atoms with Crippen LogP contribution in [0.15, 0.2) is 146 Å². The Labute approximate surface area is 423 Å². The van der Waals surface area contributed by atoms with Gasteiger partial charge in [-0.3, -0.25) is 9.36 Å². The molecule has 2 unspecified atom stereocenters. The van der Waals surface area contributed by atoms with Gasteiger partial charge in [0.2, 0.25) is 0 Å². The fourth-order valence-electron chi connectivity index (χ4n) is 6.37. The number of quaternary nitrogens is 1. The van der Waals surface area contributed by atoms with Crippen LogP contribution < -0.4 is 4.89 Å². The van der Waals surface area contributed by atoms with Gasteiger partial charge >= 0.3 is 5.97 Å². The summed E-state index contributed by atoms with van der Waals surface area (Å²) < 4.78 is 34.7. The van der Waals surface area contributed by atoms with E-state index in [1.807, 2.05) is 21.1 Å². The van der Waals surface area contributed by atoms with Crippen molar-refractivity contribution in [2.45, 2.75) is 174 Å². The highest BCUT2D eigenvalue weighted by Gasteiger charge is 2.20. The zero-order valence-electron chi connectivity index (χ0n) is 44.2. The van der Waals surface area contributed by atoms with Crippen LogP contribution in [0.5, 0.6) is 0 Å². The van der Waals surface area contributed by atoms with Gasteiger partial charge in [0.25, 0.3) is 7.82 Å². The Kier molecular flexibility index (Phi) is 48.1. The number of ether oxygens (including phenoxy) is 2. The first-order valence-corrected chi connectivity index (χ1v) is 28.0. The molecule has 0 radical (unpaired) electrons. The third kappa shape index (κ3) is 55.2. The van der Waals surface area contributed by atoms with Gasteiger partial charge in [0.15, 0.2) is 0 Å². The van der Waals surface area contributed by atoms with E-state index in [1.54, 1.807) is 0 Å². The predicted molar refractivity (Wildman–Crippen MR) is 295 cm³/mol. The molecule has 0 aromatic rings. The second kappa shape index (κ2) is 50.8. The maximum absolute atomic E-state index is 12.8. The zero-order valence-corrected chi connectivity index (χ0v) is 45.1.